The van der Waals surface area contributed by atoms with Gasteiger partial charge in [0.2, 0.25) is 0 Å². The van der Waals surface area contributed by atoms with Gasteiger partial charge in [-0.3, -0.25) is 5.84 Å². The summed E-state index contributed by atoms with van der Waals surface area (Å²) in [6.45, 7) is 6.65. The van der Waals surface area contributed by atoms with Crippen LogP contribution in [0.1, 0.15) is 104 Å². The maximum atomic E-state index is 5.92. The van der Waals surface area contributed by atoms with Crippen molar-refractivity contribution in [1.29, 1.82) is 0 Å². The van der Waals surface area contributed by atoms with Crippen LogP contribution in [0.25, 0.3) is 0 Å². The van der Waals surface area contributed by atoms with Crippen LogP contribution in [-0.4, -0.2) is 18.1 Å². The fourth-order valence-corrected chi connectivity index (χ4v) is 2.63. The second-order valence-electron chi connectivity index (χ2n) is 6.28. The first-order valence-corrected chi connectivity index (χ1v) is 9.30. The van der Waals surface area contributed by atoms with Gasteiger partial charge in [0.15, 0.2) is 0 Å². The SMILES string of the molecule is CCCCCCCCCCCCCCN(N)CCCC. The summed E-state index contributed by atoms with van der Waals surface area (Å²) < 4.78 is 0. The molecule has 0 aliphatic rings. The van der Waals surface area contributed by atoms with Gasteiger partial charge in [0.05, 0.1) is 0 Å². The molecule has 2 N–H and O–H groups in total. The topological polar surface area (TPSA) is 29.3 Å². The highest BCUT2D eigenvalue weighted by Crippen LogP contribution is 2.11. The van der Waals surface area contributed by atoms with Gasteiger partial charge in [0.1, 0.15) is 0 Å². The monoisotopic (exact) mass is 284 g/mol. The van der Waals surface area contributed by atoms with E-state index in [0.717, 1.165) is 13.1 Å². The van der Waals surface area contributed by atoms with E-state index >= 15 is 0 Å². The van der Waals surface area contributed by atoms with E-state index in [1.165, 1.54) is 89.9 Å². The zero-order valence-electron chi connectivity index (χ0n) is 14.3. The maximum Gasteiger partial charge on any atom is 0.0128 e. The molecule has 0 atom stereocenters. The first-order chi connectivity index (χ1) is 9.81. The largest absolute Gasteiger partial charge is 0.269 e. The second-order valence-corrected chi connectivity index (χ2v) is 6.28. The highest BCUT2D eigenvalue weighted by molar-refractivity contribution is 4.52. The molecule has 0 saturated heterocycles. The summed E-state index contributed by atoms with van der Waals surface area (Å²) in [4.78, 5) is 0. The Bertz CT molecular complexity index is 171. The normalized spacial score (nSPS) is 11.4. The molecule has 0 aromatic rings. The van der Waals surface area contributed by atoms with E-state index in [-0.39, 0.29) is 0 Å². The Hall–Kier alpha value is -0.0800. The maximum absolute atomic E-state index is 5.92. The summed E-state index contributed by atoms with van der Waals surface area (Å²) in [6, 6.07) is 0. The van der Waals surface area contributed by atoms with Crippen LogP contribution in [0.4, 0.5) is 0 Å². The van der Waals surface area contributed by atoms with Crippen LogP contribution in [0.2, 0.25) is 0 Å². The number of rotatable bonds is 16. The Morgan fingerprint density at radius 2 is 0.850 bits per heavy atom. The van der Waals surface area contributed by atoms with Crippen molar-refractivity contribution >= 4 is 0 Å². The summed E-state index contributed by atoms with van der Waals surface area (Å²) in [6.07, 6.45) is 19.4. The quantitative estimate of drug-likeness (QED) is 0.225. The molecule has 0 unspecified atom stereocenters. The van der Waals surface area contributed by atoms with E-state index < -0.39 is 0 Å². The second kappa shape index (κ2) is 17.0. The third kappa shape index (κ3) is 16.0. The molecule has 0 aromatic heterocycles. The Morgan fingerprint density at radius 1 is 0.500 bits per heavy atom. The van der Waals surface area contributed by atoms with Gasteiger partial charge in [0.25, 0.3) is 0 Å². The van der Waals surface area contributed by atoms with Gasteiger partial charge in [-0.25, -0.2) is 5.01 Å². The molecule has 0 saturated carbocycles. The molecule has 0 bridgehead atoms. The number of nitrogens with two attached hydrogens (primary N) is 1. The van der Waals surface area contributed by atoms with Crippen molar-refractivity contribution < 1.29 is 0 Å². The van der Waals surface area contributed by atoms with E-state index in [1.807, 2.05) is 5.01 Å². The van der Waals surface area contributed by atoms with E-state index in [4.69, 9.17) is 5.84 Å². The van der Waals surface area contributed by atoms with Crippen LogP contribution in [0.15, 0.2) is 0 Å². The fourth-order valence-electron chi connectivity index (χ4n) is 2.63. The smallest absolute Gasteiger partial charge is 0.0128 e. The minimum Gasteiger partial charge on any atom is -0.269 e. The van der Waals surface area contributed by atoms with Crippen molar-refractivity contribution in [1.82, 2.24) is 5.01 Å². The lowest BCUT2D eigenvalue weighted by atomic mass is 10.1. The number of unbranched alkanes of at least 4 members (excludes halogenated alkanes) is 12. The third-order valence-corrected chi connectivity index (χ3v) is 4.10. The van der Waals surface area contributed by atoms with Gasteiger partial charge < -0.3 is 0 Å². The van der Waals surface area contributed by atoms with E-state index in [9.17, 15) is 0 Å². The molecule has 0 heterocycles. The summed E-state index contributed by atoms with van der Waals surface area (Å²) in [7, 11) is 0. The van der Waals surface area contributed by atoms with Gasteiger partial charge in [-0.2, -0.15) is 0 Å². The Labute approximate surface area is 128 Å². The molecule has 2 nitrogen and oxygen atoms in total. The Balaban J connectivity index is 3.02. The van der Waals surface area contributed by atoms with Gasteiger partial charge in [-0.1, -0.05) is 90.9 Å². The molecule has 0 aliphatic carbocycles. The molecule has 122 valence electrons. The molecule has 0 spiro atoms. The highest BCUT2D eigenvalue weighted by Gasteiger charge is 1.98. The van der Waals surface area contributed by atoms with Crippen LogP contribution in [0, 0.1) is 0 Å². The molecule has 0 aliphatic heterocycles. The average Bonchev–Trinajstić information content (AvgIpc) is 2.46. The lowest BCUT2D eigenvalue weighted by Crippen LogP contribution is -2.32. The van der Waals surface area contributed by atoms with Crippen molar-refractivity contribution in [3.05, 3.63) is 0 Å². The van der Waals surface area contributed by atoms with Crippen LogP contribution in [-0.2, 0) is 0 Å². The lowest BCUT2D eigenvalue weighted by Gasteiger charge is -2.15. The van der Waals surface area contributed by atoms with Gasteiger partial charge in [-0.05, 0) is 12.8 Å². The van der Waals surface area contributed by atoms with Gasteiger partial charge in [-0.15, -0.1) is 0 Å². The van der Waals surface area contributed by atoms with Gasteiger partial charge in [0, 0.05) is 13.1 Å². The number of hydrogen-bond donors (Lipinski definition) is 1. The predicted molar refractivity (Wildman–Crippen MR) is 91.7 cm³/mol. The summed E-state index contributed by atoms with van der Waals surface area (Å²) >= 11 is 0. The van der Waals surface area contributed by atoms with E-state index in [2.05, 4.69) is 13.8 Å². The first-order valence-electron chi connectivity index (χ1n) is 9.30. The molecule has 20 heavy (non-hydrogen) atoms. The molecule has 2 heteroatoms. The van der Waals surface area contributed by atoms with Crippen LogP contribution in [0.5, 0.6) is 0 Å². The minimum atomic E-state index is 1.06. The third-order valence-electron chi connectivity index (χ3n) is 4.10. The summed E-state index contributed by atoms with van der Waals surface area (Å²) in [5.74, 6) is 5.92. The van der Waals surface area contributed by atoms with Crippen molar-refractivity contribution in [3.63, 3.8) is 0 Å². The zero-order chi connectivity index (χ0) is 14.9. The number of hydrogen-bond acceptors (Lipinski definition) is 2. The zero-order valence-corrected chi connectivity index (χ0v) is 14.3. The molecule has 0 aromatic carbocycles. The van der Waals surface area contributed by atoms with E-state index in [0.29, 0.717) is 0 Å². The highest BCUT2D eigenvalue weighted by atomic mass is 15.4. The molecule has 0 radical (unpaired) electrons. The van der Waals surface area contributed by atoms with Crippen LogP contribution in [0.3, 0.4) is 0 Å². The predicted octanol–water partition coefficient (Wildman–Crippen LogP) is 5.66. The molecule has 0 rings (SSSR count). The van der Waals surface area contributed by atoms with Gasteiger partial charge >= 0.3 is 0 Å². The minimum absolute atomic E-state index is 1.06. The Morgan fingerprint density at radius 3 is 1.30 bits per heavy atom. The summed E-state index contributed by atoms with van der Waals surface area (Å²) in [5, 5.41) is 2.00. The first kappa shape index (κ1) is 19.9. The van der Waals surface area contributed by atoms with Crippen molar-refractivity contribution in [3.8, 4) is 0 Å². The summed E-state index contributed by atoms with van der Waals surface area (Å²) in [5.41, 5.74) is 0. The standard InChI is InChI=1S/C18H40N2/c1-3-5-7-8-9-10-11-12-13-14-15-16-18-20(19)17-6-4-2/h3-19H2,1-2H3. The van der Waals surface area contributed by atoms with Crippen molar-refractivity contribution in [2.75, 3.05) is 13.1 Å². The van der Waals surface area contributed by atoms with Crippen molar-refractivity contribution in [2.24, 2.45) is 5.84 Å². The fraction of sp³-hybridized carbons (Fsp3) is 1.00. The van der Waals surface area contributed by atoms with Crippen LogP contribution < -0.4 is 5.84 Å². The molecule has 0 fully saturated rings. The average molecular weight is 285 g/mol. The van der Waals surface area contributed by atoms with Crippen LogP contribution >= 0.6 is 0 Å². The molecular formula is C18H40N2. The number of nitrogens with zero attached hydrogens (tertiary/aromatic N) is 1. The van der Waals surface area contributed by atoms with Crippen molar-refractivity contribution in [2.45, 2.75) is 104 Å². The van der Waals surface area contributed by atoms with E-state index in [1.54, 1.807) is 0 Å². The number of hydrazine groups is 1. The Kier molecular flexibility index (Phi) is 16.9. The molecule has 0 amide bonds. The molecular weight excluding hydrogens is 244 g/mol. The lowest BCUT2D eigenvalue weighted by molar-refractivity contribution is 0.271.